The number of hydrogen-bond acceptors (Lipinski definition) is 8. The highest BCUT2D eigenvalue weighted by molar-refractivity contribution is 7.45. The Balaban J connectivity index is 4.14. The SMILES string of the molecule is CC/C=C\C/C=C\C/C=C\C/C=C\C/C=C\C/C=C\C/C=C\CCCCCCCCCCCC(=O)OC(COC(=O)CCCCCCCCCCCCCC/C=C\C/C=C\C/C=C\CCCCCCC)COP(=O)([O-])OCC[N+](C)(C)C. The maximum atomic E-state index is 12.9. The fraction of sp³-hybridized carbons (Fsp3) is 0.694. The van der Waals surface area contributed by atoms with Crippen LogP contribution in [-0.4, -0.2) is 70.0 Å². The van der Waals surface area contributed by atoms with Gasteiger partial charge in [-0.25, -0.2) is 0 Å². The van der Waals surface area contributed by atoms with Gasteiger partial charge >= 0.3 is 11.9 Å². The number of ether oxygens (including phenoxy) is 2. The third-order valence-corrected chi connectivity index (χ3v) is 14.9. The normalized spacial score (nSPS) is 14.0. The van der Waals surface area contributed by atoms with Crippen LogP contribution in [0.5, 0.6) is 0 Å². The number of phosphoric acid groups is 1. The second kappa shape index (κ2) is 62.0. The van der Waals surface area contributed by atoms with E-state index in [0.29, 0.717) is 17.4 Å². The first-order valence-electron chi connectivity index (χ1n) is 33.2. The molecule has 0 saturated heterocycles. The molecule has 0 radical (unpaired) electrons. The lowest BCUT2D eigenvalue weighted by molar-refractivity contribution is -0.870. The van der Waals surface area contributed by atoms with Gasteiger partial charge in [0.05, 0.1) is 27.7 Å². The summed E-state index contributed by atoms with van der Waals surface area (Å²) in [4.78, 5) is 38.0. The average molecular weight is 1160 g/mol. The molecule has 0 aliphatic carbocycles. The lowest BCUT2D eigenvalue weighted by Crippen LogP contribution is -2.37. The van der Waals surface area contributed by atoms with Crippen LogP contribution in [0, 0.1) is 0 Å². The van der Waals surface area contributed by atoms with Crippen molar-refractivity contribution in [2.24, 2.45) is 0 Å². The van der Waals surface area contributed by atoms with Crippen molar-refractivity contribution in [1.29, 1.82) is 0 Å². The van der Waals surface area contributed by atoms with E-state index >= 15 is 0 Å². The Morgan fingerprint density at radius 2 is 0.695 bits per heavy atom. The van der Waals surface area contributed by atoms with Crippen LogP contribution in [0.4, 0.5) is 0 Å². The standard InChI is InChI=1S/C72H124NO8P/c1-6-8-10-12-14-16-18-20-22-24-26-28-30-32-34-35-36-37-39-41-43-45-47-49-51-53-55-57-59-61-63-65-72(75)81-70(69-80-82(76,77)79-67-66-73(3,4)5)68-78-71(74)64-62-60-58-56-54-52-50-48-46-44-42-40-38-33-31-29-27-25-23-21-19-17-15-13-11-9-7-2/h8,10,14,16,19-22,25-28,31-34,36-37,41,43,70H,6-7,9,11-13,15,17-18,23-24,29-30,35,38-40,42,44-69H2,1-5H3/b10-8-,16-14-,21-19-,22-20-,27-25-,28-26-,33-31-,34-32-,37-36-,43-41-. The Labute approximate surface area is 505 Å². The Bertz CT molecular complexity index is 1800. The number of rotatable bonds is 60. The Kier molecular flexibility index (Phi) is 59.2. The van der Waals surface area contributed by atoms with Crippen molar-refractivity contribution in [3.63, 3.8) is 0 Å². The van der Waals surface area contributed by atoms with Gasteiger partial charge in [0, 0.05) is 12.8 Å². The van der Waals surface area contributed by atoms with Crippen LogP contribution in [0.3, 0.4) is 0 Å². The summed E-state index contributed by atoms with van der Waals surface area (Å²) in [5.41, 5.74) is 0. The molecule has 0 rings (SSSR count). The van der Waals surface area contributed by atoms with Crippen LogP contribution in [0.1, 0.15) is 271 Å². The summed E-state index contributed by atoms with van der Waals surface area (Å²) in [5, 5.41) is 0. The molecule has 470 valence electrons. The van der Waals surface area contributed by atoms with Gasteiger partial charge in [0.2, 0.25) is 0 Å². The second-order valence-electron chi connectivity index (χ2n) is 23.1. The van der Waals surface area contributed by atoms with E-state index in [-0.39, 0.29) is 32.0 Å². The zero-order chi connectivity index (χ0) is 59.8. The van der Waals surface area contributed by atoms with Crippen LogP contribution < -0.4 is 4.89 Å². The zero-order valence-corrected chi connectivity index (χ0v) is 54.3. The second-order valence-corrected chi connectivity index (χ2v) is 24.5. The number of unbranched alkanes of at least 4 members (excludes halogenated alkanes) is 26. The quantitative estimate of drug-likeness (QED) is 0.0195. The number of hydrogen-bond donors (Lipinski definition) is 0. The number of likely N-dealkylation sites (N-methyl/N-ethyl adjacent to an activating group) is 1. The van der Waals surface area contributed by atoms with E-state index in [9.17, 15) is 19.0 Å². The van der Waals surface area contributed by atoms with Gasteiger partial charge in [0.1, 0.15) is 19.8 Å². The molecule has 0 heterocycles. The van der Waals surface area contributed by atoms with Crippen molar-refractivity contribution in [3.8, 4) is 0 Å². The van der Waals surface area contributed by atoms with Gasteiger partial charge in [-0.2, -0.15) is 0 Å². The summed E-state index contributed by atoms with van der Waals surface area (Å²) in [6.07, 6.45) is 88.3. The van der Waals surface area contributed by atoms with Crippen LogP contribution in [0.15, 0.2) is 122 Å². The molecular formula is C72H124NO8P. The van der Waals surface area contributed by atoms with Gasteiger partial charge in [-0.1, -0.05) is 270 Å². The molecule has 0 saturated carbocycles. The van der Waals surface area contributed by atoms with E-state index < -0.39 is 26.5 Å². The van der Waals surface area contributed by atoms with Crippen LogP contribution in [0.2, 0.25) is 0 Å². The number of phosphoric ester groups is 1. The minimum Gasteiger partial charge on any atom is -0.756 e. The number of allylic oxidation sites excluding steroid dienone is 20. The maximum Gasteiger partial charge on any atom is 0.306 e. The number of carbonyl (C=O) groups excluding carboxylic acids is 2. The van der Waals surface area contributed by atoms with E-state index in [4.69, 9.17) is 18.5 Å². The zero-order valence-electron chi connectivity index (χ0n) is 53.4. The van der Waals surface area contributed by atoms with Crippen molar-refractivity contribution >= 4 is 19.8 Å². The molecule has 0 bridgehead atoms. The van der Waals surface area contributed by atoms with Crippen molar-refractivity contribution in [1.82, 2.24) is 0 Å². The largest absolute Gasteiger partial charge is 0.756 e. The lowest BCUT2D eigenvalue weighted by atomic mass is 10.0. The lowest BCUT2D eigenvalue weighted by Gasteiger charge is -2.28. The van der Waals surface area contributed by atoms with Crippen LogP contribution in [0.25, 0.3) is 0 Å². The first-order chi connectivity index (χ1) is 40.0. The molecule has 0 N–H and O–H groups in total. The van der Waals surface area contributed by atoms with Crippen molar-refractivity contribution < 1.29 is 42.1 Å². The molecular weight excluding hydrogens is 1040 g/mol. The summed E-state index contributed by atoms with van der Waals surface area (Å²) in [6, 6.07) is 0. The van der Waals surface area contributed by atoms with Crippen molar-refractivity contribution in [2.75, 3.05) is 47.5 Å². The van der Waals surface area contributed by atoms with E-state index in [1.54, 1.807) is 0 Å². The van der Waals surface area contributed by atoms with E-state index in [0.717, 1.165) is 103 Å². The predicted molar refractivity (Wildman–Crippen MR) is 351 cm³/mol. The van der Waals surface area contributed by atoms with Gasteiger partial charge in [-0.05, 0) is 109 Å². The molecule has 0 aromatic heterocycles. The summed E-state index contributed by atoms with van der Waals surface area (Å²) in [5.74, 6) is -0.844. The molecule has 0 spiro atoms. The summed E-state index contributed by atoms with van der Waals surface area (Å²) < 4.78 is 34.3. The molecule has 9 nitrogen and oxygen atoms in total. The molecule has 0 aromatic rings. The van der Waals surface area contributed by atoms with Gasteiger partial charge in [-0.3, -0.25) is 14.2 Å². The Morgan fingerprint density at radius 3 is 1.04 bits per heavy atom. The third-order valence-electron chi connectivity index (χ3n) is 14.0. The minimum absolute atomic E-state index is 0.0380. The number of esters is 2. The monoisotopic (exact) mass is 1160 g/mol. The number of nitrogens with zero attached hydrogens (tertiary/aromatic N) is 1. The van der Waals surface area contributed by atoms with Gasteiger partial charge in [0.25, 0.3) is 7.82 Å². The number of carbonyl (C=O) groups is 2. The first kappa shape index (κ1) is 78.4. The maximum absolute atomic E-state index is 12.9. The summed E-state index contributed by atoms with van der Waals surface area (Å²) >= 11 is 0. The highest BCUT2D eigenvalue weighted by Crippen LogP contribution is 2.38. The molecule has 10 heteroatoms. The molecule has 0 amide bonds. The Morgan fingerprint density at radius 1 is 0.390 bits per heavy atom. The Hall–Kier alpha value is -3.59. The topological polar surface area (TPSA) is 111 Å². The molecule has 0 aliphatic heterocycles. The predicted octanol–water partition coefficient (Wildman–Crippen LogP) is 20.9. The molecule has 2 unspecified atom stereocenters. The van der Waals surface area contributed by atoms with Gasteiger partial charge in [-0.15, -0.1) is 0 Å². The number of quaternary nitrogens is 1. The highest BCUT2D eigenvalue weighted by atomic mass is 31.2. The van der Waals surface area contributed by atoms with Crippen molar-refractivity contribution in [3.05, 3.63) is 122 Å². The first-order valence-corrected chi connectivity index (χ1v) is 34.7. The fourth-order valence-corrected chi connectivity index (χ4v) is 9.61. The smallest absolute Gasteiger partial charge is 0.306 e. The van der Waals surface area contributed by atoms with E-state index in [1.807, 2.05) is 21.1 Å². The molecule has 0 aromatic carbocycles. The fourth-order valence-electron chi connectivity index (χ4n) is 8.88. The molecule has 82 heavy (non-hydrogen) atoms. The summed E-state index contributed by atoms with van der Waals surface area (Å²) in [7, 11) is 1.15. The third kappa shape index (κ3) is 65.6. The minimum atomic E-state index is -4.65. The van der Waals surface area contributed by atoms with Crippen LogP contribution >= 0.6 is 7.82 Å². The molecule has 0 aliphatic rings. The highest BCUT2D eigenvalue weighted by Gasteiger charge is 2.22. The van der Waals surface area contributed by atoms with Crippen LogP contribution in [-0.2, 0) is 32.7 Å². The average Bonchev–Trinajstić information content (AvgIpc) is 3.46. The van der Waals surface area contributed by atoms with E-state index in [2.05, 4.69) is 135 Å². The van der Waals surface area contributed by atoms with Crippen molar-refractivity contribution in [2.45, 2.75) is 277 Å². The molecule has 2 atom stereocenters. The summed E-state index contributed by atoms with van der Waals surface area (Å²) in [6.45, 7) is 4.11. The van der Waals surface area contributed by atoms with E-state index in [1.165, 1.54) is 135 Å². The molecule has 0 fully saturated rings. The van der Waals surface area contributed by atoms with Gasteiger partial charge in [0.15, 0.2) is 6.10 Å². The van der Waals surface area contributed by atoms with Gasteiger partial charge < -0.3 is 27.9 Å².